The number of hydrogen-bond donors (Lipinski definition) is 2. The van der Waals surface area contributed by atoms with Gasteiger partial charge in [0.05, 0.1) is 10.3 Å². The molecule has 1 unspecified atom stereocenters. The maximum Gasteiger partial charge on any atom is 0.322 e. The molecule has 2 N–H and O–H groups in total. The predicted octanol–water partition coefficient (Wildman–Crippen LogP) is 1.33. The molecule has 3 heterocycles. The van der Waals surface area contributed by atoms with E-state index in [1.807, 2.05) is 12.1 Å². The molecule has 0 saturated carbocycles. The summed E-state index contributed by atoms with van der Waals surface area (Å²) in [5.74, 6) is -0.515. The highest BCUT2D eigenvalue weighted by Crippen LogP contribution is 2.26. The molecular weight excluding hydrogens is 358 g/mol. The minimum absolute atomic E-state index is 0.162. The van der Waals surface area contributed by atoms with Gasteiger partial charge in [-0.25, -0.2) is 4.79 Å². The van der Waals surface area contributed by atoms with E-state index < -0.39 is 11.6 Å². The van der Waals surface area contributed by atoms with E-state index in [1.165, 1.54) is 17.4 Å². The molecule has 2 fully saturated rings. The second kappa shape index (κ2) is 5.27. The van der Waals surface area contributed by atoms with Gasteiger partial charge in [-0.3, -0.25) is 14.9 Å². The molecule has 1 aromatic heterocycles. The lowest BCUT2D eigenvalue weighted by molar-refractivity contribution is -0.126. The van der Waals surface area contributed by atoms with Crippen LogP contribution in [-0.2, 0) is 9.59 Å². The predicted molar refractivity (Wildman–Crippen MR) is 81.7 cm³/mol. The van der Waals surface area contributed by atoms with Crippen LogP contribution in [0.1, 0.15) is 11.3 Å². The Kier molecular flexibility index (Phi) is 3.58. The van der Waals surface area contributed by atoms with Gasteiger partial charge in [0.15, 0.2) is 0 Å². The van der Waals surface area contributed by atoms with Crippen molar-refractivity contribution in [2.24, 2.45) is 0 Å². The van der Waals surface area contributed by atoms with E-state index in [1.54, 1.807) is 11.0 Å². The molecule has 6 nitrogen and oxygen atoms in total. The topological polar surface area (TPSA) is 78.5 Å². The van der Waals surface area contributed by atoms with E-state index in [0.717, 1.165) is 8.66 Å². The van der Waals surface area contributed by atoms with Gasteiger partial charge in [0.25, 0.3) is 5.91 Å². The normalized spacial score (nSPS) is 24.9. The third-order valence-corrected chi connectivity index (χ3v) is 5.17. The molecule has 2 aliphatic heterocycles. The quantitative estimate of drug-likeness (QED) is 0.609. The first-order valence-electron chi connectivity index (χ1n) is 6.34. The van der Waals surface area contributed by atoms with Crippen molar-refractivity contribution in [3.63, 3.8) is 0 Å². The van der Waals surface area contributed by atoms with Gasteiger partial charge in [0.2, 0.25) is 5.91 Å². The Bertz CT molecular complexity index is 657. The maximum atomic E-state index is 12.1. The molecule has 8 heteroatoms. The fourth-order valence-electron chi connectivity index (χ4n) is 2.49. The van der Waals surface area contributed by atoms with Gasteiger partial charge in [0, 0.05) is 17.5 Å². The first-order valence-corrected chi connectivity index (χ1v) is 7.95. The lowest BCUT2D eigenvalue weighted by Crippen LogP contribution is -2.49. The van der Waals surface area contributed by atoms with E-state index in [-0.39, 0.29) is 18.4 Å². The Hall–Kier alpha value is -1.67. The minimum Gasteiger partial charge on any atom is -0.336 e. The lowest BCUT2D eigenvalue weighted by atomic mass is 10.00. The molecule has 0 bridgehead atoms. The molecule has 3 rings (SSSR count). The molecule has 1 atom stereocenters. The van der Waals surface area contributed by atoms with Gasteiger partial charge < -0.3 is 10.2 Å². The van der Waals surface area contributed by atoms with E-state index in [9.17, 15) is 14.4 Å². The van der Waals surface area contributed by atoms with Gasteiger partial charge >= 0.3 is 6.03 Å². The monoisotopic (exact) mass is 369 g/mol. The van der Waals surface area contributed by atoms with Crippen LogP contribution in [0.3, 0.4) is 0 Å². The number of rotatable bonds is 2. The largest absolute Gasteiger partial charge is 0.336 e. The standard InChI is InChI=1S/C13H12BrN3O3S/c14-9-3-1-8(21-9)2-4-10(18)17-6-5-13(7-17)11(19)15-12(20)16-13/h1-4H,5-7H2,(H2,15,16,19,20)/b4-2+. The summed E-state index contributed by atoms with van der Waals surface area (Å²) in [5, 5.41) is 4.84. The van der Waals surface area contributed by atoms with Crippen molar-refractivity contribution in [1.29, 1.82) is 0 Å². The highest BCUT2D eigenvalue weighted by molar-refractivity contribution is 9.11. The number of carbonyl (C=O) groups is 3. The molecule has 1 spiro atoms. The SMILES string of the molecule is O=C1NC(=O)C2(CCN(C(=O)/C=C/c3ccc(Br)s3)C2)N1. The van der Waals surface area contributed by atoms with Crippen LogP contribution in [0, 0.1) is 0 Å². The van der Waals surface area contributed by atoms with E-state index >= 15 is 0 Å². The molecule has 0 aromatic carbocycles. The summed E-state index contributed by atoms with van der Waals surface area (Å²) in [4.78, 5) is 37.7. The minimum atomic E-state index is -0.952. The summed E-state index contributed by atoms with van der Waals surface area (Å²) in [6.07, 6.45) is 3.68. The highest BCUT2D eigenvalue weighted by Gasteiger charge is 2.51. The van der Waals surface area contributed by atoms with Gasteiger partial charge in [-0.1, -0.05) is 0 Å². The smallest absolute Gasteiger partial charge is 0.322 e. The Morgan fingerprint density at radius 3 is 2.86 bits per heavy atom. The number of halogens is 1. The Labute approximate surface area is 133 Å². The number of likely N-dealkylation sites (tertiary alicyclic amines) is 1. The van der Waals surface area contributed by atoms with Gasteiger partial charge in [0.1, 0.15) is 5.54 Å². The number of nitrogens with one attached hydrogen (secondary N) is 2. The summed E-state index contributed by atoms with van der Waals surface area (Å²) in [6, 6.07) is 3.33. The third-order valence-electron chi connectivity index (χ3n) is 3.58. The summed E-state index contributed by atoms with van der Waals surface area (Å²) in [6.45, 7) is 0.660. The van der Waals surface area contributed by atoms with Crippen LogP contribution < -0.4 is 10.6 Å². The third kappa shape index (κ3) is 2.73. The van der Waals surface area contributed by atoms with E-state index in [4.69, 9.17) is 0 Å². The zero-order valence-electron chi connectivity index (χ0n) is 10.9. The second-order valence-corrected chi connectivity index (χ2v) is 7.47. The van der Waals surface area contributed by atoms with Crippen molar-refractivity contribution in [2.45, 2.75) is 12.0 Å². The van der Waals surface area contributed by atoms with E-state index in [2.05, 4.69) is 26.6 Å². The molecule has 4 amide bonds. The van der Waals surface area contributed by atoms with Gasteiger partial charge in [-0.2, -0.15) is 0 Å². The average molecular weight is 370 g/mol. The highest BCUT2D eigenvalue weighted by atomic mass is 79.9. The first kappa shape index (κ1) is 14.3. The van der Waals surface area contributed by atoms with Gasteiger partial charge in [-0.05, 0) is 40.6 Å². The molecule has 0 radical (unpaired) electrons. The fourth-order valence-corrected chi connectivity index (χ4v) is 3.82. The number of nitrogens with zero attached hydrogens (tertiary/aromatic N) is 1. The maximum absolute atomic E-state index is 12.1. The van der Waals surface area contributed by atoms with Crippen LogP contribution in [0.2, 0.25) is 0 Å². The van der Waals surface area contributed by atoms with Crippen molar-refractivity contribution in [2.75, 3.05) is 13.1 Å². The molecule has 21 heavy (non-hydrogen) atoms. The summed E-state index contributed by atoms with van der Waals surface area (Å²) >= 11 is 4.89. The van der Waals surface area contributed by atoms with Crippen molar-refractivity contribution in [3.8, 4) is 0 Å². The zero-order valence-corrected chi connectivity index (χ0v) is 13.3. The zero-order chi connectivity index (χ0) is 15.0. The number of carbonyl (C=O) groups excluding carboxylic acids is 3. The summed E-state index contributed by atoms with van der Waals surface area (Å²) in [5.41, 5.74) is -0.952. The number of hydrogen-bond acceptors (Lipinski definition) is 4. The van der Waals surface area contributed by atoms with Crippen LogP contribution in [-0.4, -0.2) is 41.4 Å². The molecular formula is C13H12BrN3O3S. The van der Waals surface area contributed by atoms with Gasteiger partial charge in [-0.15, -0.1) is 11.3 Å². The fraction of sp³-hybridized carbons (Fsp3) is 0.308. The lowest BCUT2D eigenvalue weighted by Gasteiger charge is -2.20. The Morgan fingerprint density at radius 1 is 1.43 bits per heavy atom. The average Bonchev–Trinajstić information content (AvgIpc) is 3.09. The molecule has 1 aromatic rings. The summed E-state index contributed by atoms with van der Waals surface area (Å²) < 4.78 is 1.00. The van der Waals surface area contributed by atoms with Crippen LogP contribution in [0.4, 0.5) is 4.79 Å². The number of urea groups is 1. The molecule has 110 valence electrons. The van der Waals surface area contributed by atoms with Crippen molar-refractivity contribution in [3.05, 3.63) is 26.9 Å². The van der Waals surface area contributed by atoms with Crippen molar-refractivity contribution >= 4 is 51.2 Å². The molecule has 2 saturated heterocycles. The Balaban J connectivity index is 1.66. The molecule has 0 aliphatic carbocycles. The van der Waals surface area contributed by atoms with Crippen LogP contribution in [0.25, 0.3) is 6.08 Å². The van der Waals surface area contributed by atoms with Crippen LogP contribution in [0.15, 0.2) is 22.0 Å². The first-order chi connectivity index (χ1) is 9.98. The number of thiophene rings is 1. The van der Waals surface area contributed by atoms with Crippen molar-refractivity contribution < 1.29 is 14.4 Å². The second-order valence-electron chi connectivity index (χ2n) is 4.98. The number of imide groups is 1. The summed E-state index contributed by atoms with van der Waals surface area (Å²) in [7, 11) is 0. The van der Waals surface area contributed by atoms with Crippen molar-refractivity contribution in [1.82, 2.24) is 15.5 Å². The van der Waals surface area contributed by atoms with E-state index in [0.29, 0.717) is 13.0 Å². The molecule has 2 aliphatic rings. The number of amides is 4. The Morgan fingerprint density at radius 2 is 2.24 bits per heavy atom. The van der Waals surface area contributed by atoms with Crippen LogP contribution >= 0.6 is 27.3 Å². The van der Waals surface area contributed by atoms with Crippen LogP contribution in [0.5, 0.6) is 0 Å².